The van der Waals surface area contributed by atoms with Crippen LogP contribution in [0.5, 0.6) is 5.75 Å². The summed E-state index contributed by atoms with van der Waals surface area (Å²) in [4.78, 5) is 11.8. The van der Waals surface area contributed by atoms with Crippen LogP contribution >= 0.6 is 0 Å². The fourth-order valence-corrected chi connectivity index (χ4v) is 2.81. The number of hydrogen-bond acceptors (Lipinski definition) is 4. The van der Waals surface area contributed by atoms with E-state index in [0.29, 0.717) is 13.0 Å². The number of sulfonamides is 1. The number of benzene rings is 2. The van der Waals surface area contributed by atoms with E-state index in [2.05, 4.69) is 5.32 Å². The van der Waals surface area contributed by atoms with Gasteiger partial charge in [0.25, 0.3) is 5.91 Å². The maximum Gasteiger partial charge on any atom is 0.254 e. The predicted octanol–water partition coefficient (Wildman–Crippen LogP) is 1.84. The average molecular weight is 366 g/mol. The molecule has 0 spiro atoms. The van der Waals surface area contributed by atoms with Gasteiger partial charge >= 0.3 is 0 Å². The van der Waals surface area contributed by atoms with Crippen molar-refractivity contribution >= 4 is 15.9 Å². The van der Waals surface area contributed by atoms with E-state index in [9.17, 15) is 17.6 Å². The Morgan fingerprint density at radius 2 is 1.96 bits per heavy atom. The van der Waals surface area contributed by atoms with Crippen molar-refractivity contribution in [2.24, 2.45) is 5.14 Å². The van der Waals surface area contributed by atoms with Crippen LogP contribution in [0.1, 0.15) is 22.8 Å². The Balaban J connectivity index is 2.06. The van der Waals surface area contributed by atoms with Gasteiger partial charge in [-0.25, -0.2) is 17.9 Å². The van der Waals surface area contributed by atoms with Crippen molar-refractivity contribution < 1.29 is 22.3 Å². The van der Waals surface area contributed by atoms with E-state index in [1.165, 1.54) is 0 Å². The molecular weight excluding hydrogens is 347 g/mol. The molecule has 134 valence electrons. The van der Waals surface area contributed by atoms with Gasteiger partial charge in [0.15, 0.2) is 0 Å². The summed E-state index contributed by atoms with van der Waals surface area (Å²) < 4.78 is 42.0. The van der Waals surface area contributed by atoms with Gasteiger partial charge in [0.1, 0.15) is 11.6 Å². The van der Waals surface area contributed by atoms with Crippen molar-refractivity contribution in [3.05, 3.63) is 59.4 Å². The Labute approximate surface area is 145 Å². The van der Waals surface area contributed by atoms with Gasteiger partial charge in [-0.05, 0) is 43.2 Å². The Kier molecular flexibility index (Phi) is 6.11. The second-order valence-corrected chi connectivity index (χ2v) is 6.79. The zero-order chi connectivity index (χ0) is 18.4. The Hall–Kier alpha value is -2.45. The second-order valence-electron chi connectivity index (χ2n) is 5.23. The van der Waals surface area contributed by atoms with Gasteiger partial charge in [-0.1, -0.05) is 18.2 Å². The summed E-state index contributed by atoms with van der Waals surface area (Å²) in [6.07, 6.45) is 0.485. The molecule has 2 aromatic carbocycles. The molecule has 0 aliphatic heterocycles. The highest BCUT2D eigenvalue weighted by molar-refractivity contribution is 7.89. The summed E-state index contributed by atoms with van der Waals surface area (Å²) in [7, 11) is -4.01. The maximum absolute atomic E-state index is 13.8. The molecule has 6 nitrogen and oxygen atoms in total. The molecule has 0 fully saturated rings. The molecule has 0 radical (unpaired) electrons. The number of nitrogens with two attached hydrogens (primary N) is 1. The van der Waals surface area contributed by atoms with Crippen LogP contribution in [0, 0.1) is 5.82 Å². The van der Waals surface area contributed by atoms with Gasteiger partial charge in [0.2, 0.25) is 10.0 Å². The van der Waals surface area contributed by atoms with Crippen LogP contribution in [0.3, 0.4) is 0 Å². The second kappa shape index (κ2) is 8.09. The number of amides is 1. The SMILES string of the molecule is CCOc1ccccc1CCNC(=O)c1cc(S(N)(=O)=O)ccc1F. The third kappa shape index (κ3) is 5.01. The van der Waals surface area contributed by atoms with E-state index in [0.717, 1.165) is 29.5 Å². The van der Waals surface area contributed by atoms with Gasteiger partial charge in [-0.15, -0.1) is 0 Å². The molecule has 1 amide bonds. The van der Waals surface area contributed by atoms with E-state index in [-0.39, 0.29) is 17.0 Å². The fourth-order valence-electron chi connectivity index (χ4n) is 2.27. The quantitative estimate of drug-likeness (QED) is 0.781. The first-order chi connectivity index (χ1) is 11.8. The molecule has 2 rings (SSSR count). The standard InChI is InChI=1S/C17H19FN2O4S/c1-2-24-16-6-4-3-5-12(16)9-10-20-17(21)14-11-13(25(19,22)23)7-8-15(14)18/h3-8,11H,2,9-10H2,1H3,(H,20,21)(H2,19,22,23). The molecule has 0 aliphatic rings. The molecule has 0 aromatic heterocycles. The van der Waals surface area contributed by atoms with Gasteiger partial charge in [-0.2, -0.15) is 0 Å². The summed E-state index contributed by atoms with van der Waals surface area (Å²) in [5.74, 6) is -0.807. The van der Waals surface area contributed by atoms with Crippen LogP contribution in [0.2, 0.25) is 0 Å². The Morgan fingerprint density at radius 3 is 2.64 bits per heavy atom. The lowest BCUT2D eigenvalue weighted by atomic mass is 10.1. The minimum Gasteiger partial charge on any atom is -0.494 e. The molecule has 0 atom stereocenters. The number of rotatable bonds is 7. The summed E-state index contributed by atoms with van der Waals surface area (Å²) >= 11 is 0. The topological polar surface area (TPSA) is 98.5 Å². The van der Waals surface area contributed by atoms with Crippen LogP contribution in [0.15, 0.2) is 47.4 Å². The molecule has 0 saturated heterocycles. The number of carbonyl (C=O) groups is 1. The molecule has 0 bridgehead atoms. The van der Waals surface area contributed by atoms with E-state index < -0.39 is 21.7 Å². The smallest absolute Gasteiger partial charge is 0.254 e. The largest absolute Gasteiger partial charge is 0.494 e. The number of hydrogen-bond donors (Lipinski definition) is 2. The predicted molar refractivity (Wildman–Crippen MR) is 91.4 cm³/mol. The number of nitrogens with one attached hydrogen (secondary N) is 1. The Morgan fingerprint density at radius 1 is 1.24 bits per heavy atom. The fraction of sp³-hybridized carbons (Fsp3) is 0.235. The molecular formula is C17H19FN2O4S. The van der Waals surface area contributed by atoms with Crippen molar-refractivity contribution in [3.8, 4) is 5.75 Å². The first-order valence-corrected chi connectivity index (χ1v) is 9.18. The van der Waals surface area contributed by atoms with E-state index >= 15 is 0 Å². The van der Waals surface area contributed by atoms with Gasteiger partial charge in [0.05, 0.1) is 17.1 Å². The number of halogens is 1. The lowest BCUT2D eigenvalue weighted by molar-refractivity contribution is 0.0949. The number of carbonyl (C=O) groups excluding carboxylic acids is 1. The highest BCUT2D eigenvalue weighted by Crippen LogP contribution is 2.18. The van der Waals surface area contributed by atoms with E-state index in [1.807, 2.05) is 31.2 Å². The van der Waals surface area contributed by atoms with Crippen molar-refractivity contribution in [2.45, 2.75) is 18.2 Å². The van der Waals surface area contributed by atoms with Crippen LogP contribution in [0.4, 0.5) is 4.39 Å². The summed E-state index contributed by atoms with van der Waals surface area (Å²) in [6, 6.07) is 10.2. The summed E-state index contributed by atoms with van der Waals surface area (Å²) in [6.45, 7) is 2.64. The minimum atomic E-state index is -4.01. The molecule has 2 aromatic rings. The molecule has 25 heavy (non-hydrogen) atoms. The molecule has 0 unspecified atom stereocenters. The third-order valence-electron chi connectivity index (χ3n) is 3.46. The van der Waals surface area contributed by atoms with Crippen molar-refractivity contribution in [3.63, 3.8) is 0 Å². The van der Waals surface area contributed by atoms with Gasteiger partial charge in [0, 0.05) is 6.54 Å². The monoisotopic (exact) mass is 366 g/mol. The Bertz CT molecular complexity index is 869. The molecule has 0 saturated carbocycles. The molecule has 0 heterocycles. The number of ether oxygens (including phenoxy) is 1. The van der Waals surface area contributed by atoms with Crippen LogP contribution in [-0.2, 0) is 16.4 Å². The van der Waals surface area contributed by atoms with E-state index in [1.54, 1.807) is 0 Å². The van der Waals surface area contributed by atoms with Crippen LogP contribution < -0.4 is 15.2 Å². The highest BCUT2D eigenvalue weighted by atomic mass is 32.2. The zero-order valence-electron chi connectivity index (χ0n) is 13.7. The highest BCUT2D eigenvalue weighted by Gasteiger charge is 2.16. The molecule has 0 aliphatic carbocycles. The summed E-state index contributed by atoms with van der Waals surface area (Å²) in [5, 5.41) is 7.57. The van der Waals surface area contributed by atoms with Crippen molar-refractivity contribution in [1.82, 2.24) is 5.32 Å². The normalized spacial score (nSPS) is 11.2. The van der Waals surface area contributed by atoms with Crippen molar-refractivity contribution in [2.75, 3.05) is 13.2 Å². The van der Waals surface area contributed by atoms with Gasteiger partial charge < -0.3 is 10.1 Å². The molecule has 3 N–H and O–H groups in total. The number of primary sulfonamides is 1. The van der Waals surface area contributed by atoms with Crippen LogP contribution in [-0.4, -0.2) is 27.5 Å². The van der Waals surface area contributed by atoms with E-state index in [4.69, 9.17) is 9.88 Å². The maximum atomic E-state index is 13.8. The van der Waals surface area contributed by atoms with Crippen molar-refractivity contribution in [1.29, 1.82) is 0 Å². The first kappa shape index (κ1) is 18.9. The number of para-hydroxylation sites is 1. The minimum absolute atomic E-state index is 0.238. The average Bonchev–Trinajstić information content (AvgIpc) is 2.56. The first-order valence-electron chi connectivity index (χ1n) is 7.64. The zero-order valence-corrected chi connectivity index (χ0v) is 14.5. The molecule has 8 heteroatoms. The lowest BCUT2D eigenvalue weighted by Crippen LogP contribution is -2.27. The lowest BCUT2D eigenvalue weighted by Gasteiger charge is -2.11. The summed E-state index contributed by atoms with van der Waals surface area (Å²) in [5.41, 5.74) is 0.535. The van der Waals surface area contributed by atoms with Gasteiger partial charge in [-0.3, -0.25) is 4.79 Å². The van der Waals surface area contributed by atoms with Crippen LogP contribution in [0.25, 0.3) is 0 Å². The third-order valence-corrected chi connectivity index (χ3v) is 4.37.